The molecule has 0 saturated carbocycles. The minimum atomic E-state index is 0.775. The highest BCUT2D eigenvalue weighted by atomic mass is 32.1. The van der Waals surface area contributed by atoms with E-state index >= 15 is 0 Å². The second-order valence-electron chi connectivity index (χ2n) is 4.03. The van der Waals surface area contributed by atoms with E-state index in [0.717, 1.165) is 23.7 Å². The molecule has 4 rings (SSSR count). The largest absolute Gasteiger partial charge is 0.477 e. The Kier molecular flexibility index (Phi) is 2.01. The van der Waals surface area contributed by atoms with Crippen LogP contribution in [0.1, 0.15) is 5.56 Å². The second-order valence-corrected chi connectivity index (χ2v) is 6.01. The van der Waals surface area contributed by atoms with Crippen molar-refractivity contribution in [3.05, 3.63) is 35.2 Å². The number of rotatable bonds is 1. The van der Waals surface area contributed by atoms with Gasteiger partial charge in [-0.3, -0.25) is 0 Å². The van der Waals surface area contributed by atoms with Gasteiger partial charge in [-0.1, -0.05) is 6.07 Å². The third kappa shape index (κ3) is 1.48. The van der Waals surface area contributed by atoms with Crippen molar-refractivity contribution in [2.75, 3.05) is 6.61 Å². The summed E-state index contributed by atoms with van der Waals surface area (Å²) in [6.07, 6.45) is 0.989. The Morgan fingerprint density at radius 1 is 1.24 bits per heavy atom. The van der Waals surface area contributed by atoms with E-state index in [1.165, 1.54) is 20.7 Å². The predicted molar refractivity (Wildman–Crippen MR) is 72.1 cm³/mol. The third-order valence-electron chi connectivity index (χ3n) is 2.92. The smallest absolute Gasteiger partial charge is 0.218 e. The lowest BCUT2D eigenvalue weighted by Gasteiger charge is -1.96. The quantitative estimate of drug-likeness (QED) is 0.660. The molecule has 4 heterocycles. The zero-order chi connectivity index (χ0) is 11.2. The van der Waals surface area contributed by atoms with E-state index in [0.29, 0.717) is 0 Å². The molecule has 2 nitrogen and oxygen atoms in total. The summed E-state index contributed by atoms with van der Waals surface area (Å²) in [5, 5.41) is 3.35. The normalized spacial score (nSPS) is 13.9. The summed E-state index contributed by atoms with van der Waals surface area (Å²) in [5.41, 5.74) is 1.24. The Hall–Kier alpha value is -1.39. The molecule has 17 heavy (non-hydrogen) atoms. The zero-order valence-corrected chi connectivity index (χ0v) is 10.6. The van der Waals surface area contributed by atoms with E-state index in [4.69, 9.17) is 4.74 Å². The van der Waals surface area contributed by atoms with Crippen molar-refractivity contribution < 1.29 is 4.74 Å². The van der Waals surface area contributed by atoms with Gasteiger partial charge in [0.15, 0.2) is 0 Å². The van der Waals surface area contributed by atoms with Crippen molar-refractivity contribution in [2.45, 2.75) is 6.42 Å². The van der Waals surface area contributed by atoms with Crippen molar-refractivity contribution in [2.24, 2.45) is 0 Å². The lowest BCUT2D eigenvalue weighted by atomic mass is 10.2. The average Bonchev–Trinajstić information content (AvgIpc) is 3.05. The third-order valence-corrected chi connectivity index (χ3v) is 5.03. The van der Waals surface area contributed by atoms with Gasteiger partial charge < -0.3 is 4.74 Å². The van der Waals surface area contributed by atoms with Gasteiger partial charge in [0.25, 0.3) is 0 Å². The molecule has 4 heteroatoms. The van der Waals surface area contributed by atoms with Crippen molar-refractivity contribution in [3.63, 3.8) is 0 Å². The highest BCUT2D eigenvalue weighted by Gasteiger charge is 2.16. The summed E-state index contributed by atoms with van der Waals surface area (Å²) < 4.78 is 5.50. The summed E-state index contributed by atoms with van der Waals surface area (Å²) in [6, 6.07) is 8.69. The van der Waals surface area contributed by atoms with Gasteiger partial charge in [-0.15, -0.1) is 22.7 Å². The molecule has 0 spiro atoms. The molecule has 0 aliphatic carbocycles. The number of aromatic nitrogens is 1. The van der Waals surface area contributed by atoms with Crippen LogP contribution in [0, 0.1) is 0 Å². The zero-order valence-electron chi connectivity index (χ0n) is 8.97. The van der Waals surface area contributed by atoms with Crippen molar-refractivity contribution in [1.29, 1.82) is 0 Å². The number of hydrogen-bond acceptors (Lipinski definition) is 4. The van der Waals surface area contributed by atoms with E-state index in [-0.39, 0.29) is 0 Å². The fraction of sp³-hybridized carbons (Fsp3) is 0.154. The van der Waals surface area contributed by atoms with Gasteiger partial charge in [0.05, 0.1) is 6.61 Å². The van der Waals surface area contributed by atoms with E-state index in [1.807, 2.05) is 0 Å². The summed E-state index contributed by atoms with van der Waals surface area (Å²) in [6.45, 7) is 0.775. The highest BCUT2D eigenvalue weighted by molar-refractivity contribution is 7.25. The topological polar surface area (TPSA) is 22.1 Å². The van der Waals surface area contributed by atoms with Crippen LogP contribution >= 0.6 is 22.7 Å². The number of fused-ring (bicyclic) bond motifs is 2. The monoisotopic (exact) mass is 259 g/mol. The Morgan fingerprint density at radius 2 is 2.24 bits per heavy atom. The first-order chi connectivity index (χ1) is 8.40. The van der Waals surface area contributed by atoms with Gasteiger partial charge in [0.1, 0.15) is 4.83 Å². The molecule has 0 fully saturated rings. The molecule has 0 atom stereocenters. The SMILES string of the molecule is c1csc(-c2cc3cc4c(nc3s2)OCC4)c1. The maximum Gasteiger partial charge on any atom is 0.218 e. The number of pyridine rings is 1. The second kappa shape index (κ2) is 3.55. The van der Waals surface area contributed by atoms with Crippen LogP contribution in [0.5, 0.6) is 5.88 Å². The summed E-state index contributed by atoms with van der Waals surface area (Å²) in [5.74, 6) is 0.831. The lowest BCUT2D eigenvalue weighted by molar-refractivity contribution is 0.346. The maximum atomic E-state index is 5.50. The van der Waals surface area contributed by atoms with Crippen LogP contribution in [0.25, 0.3) is 20.0 Å². The molecule has 0 unspecified atom stereocenters. The minimum Gasteiger partial charge on any atom is -0.477 e. The van der Waals surface area contributed by atoms with Gasteiger partial charge >= 0.3 is 0 Å². The van der Waals surface area contributed by atoms with Gasteiger partial charge in [0.2, 0.25) is 5.88 Å². The molecule has 0 amide bonds. The Balaban J connectivity index is 1.93. The van der Waals surface area contributed by atoms with E-state index < -0.39 is 0 Å². The Labute approximate surface area is 107 Å². The van der Waals surface area contributed by atoms with E-state index in [2.05, 4.69) is 34.6 Å². The Morgan fingerprint density at radius 3 is 3.12 bits per heavy atom. The van der Waals surface area contributed by atoms with Crippen LogP contribution in [-0.2, 0) is 6.42 Å². The van der Waals surface area contributed by atoms with Crippen LogP contribution in [0.3, 0.4) is 0 Å². The van der Waals surface area contributed by atoms with Crippen LogP contribution in [-0.4, -0.2) is 11.6 Å². The molecule has 1 aliphatic rings. The molecule has 0 aromatic carbocycles. The minimum absolute atomic E-state index is 0.775. The standard InChI is InChI=1S/C13H9NOS2/c1-2-10(16-5-1)11-7-9-6-8-3-4-15-12(8)14-13(9)17-11/h1-2,5-7H,3-4H2. The number of hydrogen-bond donors (Lipinski definition) is 0. The van der Waals surface area contributed by atoms with E-state index in [1.54, 1.807) is 22.7 Å². The lowest BCUT2D eigenvalue weighted by Crippen LogP contribution is -1.87. The van der Waals surface area contributed by atoms with Crippen molar-refractivity contribution in [1.82, 2.24) is 4.98 Å². The molecule has 3 aromatic rings. The van der Waals surface area contributed by atoms with Crippen LogP contribution in [0.15, 0.2) is 29.6 Å². The molecular formula is C13H9NOS2. The van der Waals surface area contributed by atoms with Gasteiger partial charge in [-0.05, 0) is 23.6 Å². The van der Waals surface area contributed by atoms with Gasteiger partial charge in [0, 0.05) is 27.1 Å². The summed E-state index contributed by atoms with van der Waals surface area (Å²) in [7, 11) is 0. The molecule has 84 valence electrons. The molecule has 3 aromatic heterocycles. The van der Waals surface area contributed by atoms with Gasteiger partial charge in [-0.2, -0.15) is 0 Å². The van der Waals surface area contributed by atoms with E-state index in [9.17, 15) is 0 Å². The van der Waals surface area contributed by atoms with Crippen LogP contribution < -0.4 is 4.74 Å². The first-order valence-electron chi connectivity index (χ1n) is 5.50. The molecule has 0 radical (unpaired) electrons. The summed E-state index contributed by atoms with van der Waals surface area (Å²) in [4.78, 5) is 8.28. The first-order valence-corrected chi connectivity index (χ1v) is 7.20. The average molecular weight is 259 g/mol. The molecule has 0 bridgehead atoms. The van der Waals surface area contributed by atoms with Crippen LogP contribution in [0.2, 0.25) is 0 Å². The molecule has 0 saturated heterocycles. The number of nitrogens with zero attached hydrogens (tertiary/aromatic N) is 1. The highest BCUT2D eigenvalue weighted by Crippen LogP contribution is 2.37. The maximum absolute atomic E-state index is 5.50. The predicted octanol–water partition coefficient (Wildman–Crippen LogP) is 3.96. The van der Waals surface area contributed by atoms with Gasteiger partial charge in [-0.25, -0.2) is 4.98 Å². The van der Waals surface area contributed by atoms with Crippen LogP contribution in [0.4, 0.5) is 0 Å². The summed E-state index contributed by atoms with van der Waals surface area (Å²) >= 11 is 3.51. The number of thiophene rings is 2. The Bertz CT molecular complexity index is 644. The molecule has 0 N–H and O–H groups in total. The fourth-order valence-electron chi connectivity index (χ4n) is 2.10. The molecule has 1 aliphatic heterocycles. The molecular weight excluding hydrogens is 250 g/mol. The number of ether oxygens (including phenoxy) is 1. The van der Waals surface area contributed by atoms with Crippen molar-refractivity contribution in [3.8, 4) is 15.6 Å². The van der Waals surface area contributed by atoms with Crippen molar-refractivity contribution >= 4 is 32.9 Å². The fourth-order valence-corrected chi connectivity index (χ4v) is 3.93. The first kappa shape index (κ1) is 9.62.